The molecule has 2 rings (SSSR count). The van der Waals surface area contributed by atoms with Crippen molar-refractivity contribution in [3.63, 3.8) is 0 Å². The standard InChI is InChI=1S/C46H82N2.2HI/c1-3-5-7-9-11-13-15-17-19-21-23-25-27-29-31-33-39-47-41-35-45(36-42-47)46-37-43-48(44-38-46)40-34-32-30-28-26-24-22-20-18-16-14-12-10-8-6-4-2;;/h35-38,41-44H,3-34,39-40H2,1-2H3;2*1H/q+2;;/p-2. The molecule has 0 spiro atoms. The topological polar surface area (TPSA) is 7.76 Å². The summed E-state index contributed by atoms with van der Waals surface area (Å²) in [5.74, 6) is 0. The Morgan fingerprint density at radius 3 is 0.660 bits per heavy atom. The number of halogens is 2. The van der Waals surface area contributed by atoms with E-state index in [4.69, 9.17) is 0 Å². The molecule has 0 aliphatic carbocycles. The Morgan fingerprint density at radius 1 is 0.280 bits per heavy atom. The summed E-state index contributed by atoms with van der Waals surface area (Å²) < 4.78 is 4.74. The van der Waals surface area contributed by atoms with E-state index in [1.54, 1.807) is 0 Å². The van der Waals surface area contributed by atoms with Gasteiger partial charge in [-0.1, -0.05) is 194 Å². The van der Waals surface area contributed by atoms with Crippen LogP contribution in [0.15, 0.2) is 49.1 Å². The molecule has 4 heteroatoms. The van der Waals surface area contributed by atoms with Crippen molar-refractivity contribution in [3.8, 4) is 11.1 Å². The van der Waals surface area contributed by atoms with Crippen molar-refractivity contribution in [1.29, 1.82) is 0 Å². The summed E-state index contributed by atoms with van der Waals surface area (Å²) in [5, 5.41) is 0. The molecule has 2 nitrogen and oxygen atoms in total. The minimum Gasteiger partial charge on any atom is -1.00 e. The van der Waals surface area contributed by atoms with Crippen LogP contribution in [0.3, 0.4) is 0 Å². The van der Waals surface area contributed by atoms with Gasteiger partial charge >= 0.3 is 0 Å². The van der Waals surface area contributed by atoms with E-state index in [9.17, 15) is 0 Å². The van der Waals surface area contributed by atoms with E-state index >= 15 is 0 Å². The van der Waals surface area contributed by atoms with Gasteiger partial charge in [0.2, 0.25) is 0 Å². The van der Waals surface area contributed by atoms with Gasteiger partial charge in [-0.25, -0.2) is 9.13 Å². The molecule has 50 heavy (non-hydrogen) atoms. The Labute approximate surface area is 347 Å². The molecule has 0 aliphatic heterocycles. The first-order valence-corrected chi connectivity index (χ1v) is 21.8. The van der Waals surface area contributed by atoms with Gasteiger partial charge in [0.25, 0.3) is 0 Å². The zero-order valence-electron chi connectivity index (χ0n) is 33.3. The number of aryl methyl sites for hydroxylation is 2. The van der Waals surface area contributed by atoms with Crippen LogP contribution in [0.4, 0.5) is 0 Å². The number of pyridine rings is 2. The van der Waals surface area contributed by atoms with Crippen molar-refractivity contribution >= 4 is 0 Å². The van der Waals surface area contributed by atoms with Crippen LogP contribution < -0.4 is 57.1 Å². The lowest BCUT2D eigenvalue weighted by Crippen LogP contribution is -3.00. The number of hydrogen-bond donors (Lipinski definition) is 0. The van der Waals surface area contributed by atoms with Crippen molar-refractivity contribution in [3.05, 3.63) is 49.1 Å². The lowest BCUT2D eigenvalue weighted by molar-refractivity contribution is -0.697. The number of aromatic nitrogens is 2. The summed E-state index contributed by atoms with van der Waals surface area (Å²) in [6.07, 6.45) is 54.9. The summed E-state index contributed by atoms with van der Waals surface area (Å²) in [6.45, 7) is 6.90. The van der Waals surface area contributed by atoms with E-state index in [0.717, 1.165) is 13.1 Å². The first-order chi connectivity index (χ1) is 23.8. The average Bonchev–Trinajstić information content (AvgIpc) is 3.12. The van der Waals surface area contributed by atoms with Crippen LogP contribution >= 0.6 is 0 Å². The molecule has 0 unspecified atom stereocenters. The van der Waals surface area contributed by atoms with Crippen LogP contribution in [0.1, 0.15) is 219 Å². The summed E-state index contributed by atoms with van der Waals surface area (Å²) in [4.78, 5) is 0. The van der Waals surface area contributed by atoms with Crippen molar-refractivity contribution in [2.45, 2.75) is 232 Å². The first-order valence-electron chi connectivity index (χ1n) is 21.8. The van der Waals surface area contributed by atoms with Gasteiger partial charge in [0.1, 0.15) is 13.1 Å². The molecule has 0 bridgehead atoms. The lowest BCUT2D eigenvalue weighted by atomic mass is 10.0. The second kappa shape index (κ2) is 38.5. The molecule has 0 saturated carbocycles. The minimum atomic E-state index is 0. The lowest BCUT2D eigenvalue weighted by Gasteiger charge is -2.04. The van der Waals surface area contributed by atoms with E-state index in [1.165, 1.54) is 217 Å². The van der Waals surface area contributed by atoms with Gasteiger partial charge < -0.3 is 48.0 Å². The molecule has 2 heterocycles. The molecule has 290 valence electrons. The van der Waals surface area contributed by atoms with Crippen LogP contribution in [-0.2, 0) is 13.1 Å². The second-order valence-corrected chi connectivity index (χ2v) is 15.3. The highest BCUT2D eigenvalue weighted by Crippen LogP contribution is 2.17. The summed E-state index contributed by atoms with van der Waals surface area (Å²) in [5.41, 5.74) is 2.65. The van der Waals surface area contributed by atoms with Crippen LogP contribution in [0.5, 0.6) is 0 Å². The predicted octanol–water partition coefficient (Wildman–Crippen LogP) is 8.46. The van der Waals surface area contributed by atoms with Crippen LogP contribution in [-0.4, -0.2) is 0 Å². The monoisotopic (exact) mass is 916 g/mol. The van der Waals surface area contributed by atoms with Crippen LogP contribution in [0.2, 0.25) is 0 Å². The normalized spacial score (nSPS) is 11.0. The zero-order chi connectivity index (χ0) is 34.0. The molecule has 0 aromatic carbocycles. The number of hydrogen-bond acceptors (Lipinski definition) is 0. The number of nitrogens with zero attached hydrogens (tertiary/aromatic N) is 2. The maximum atomic E-state index is 2.37. The summed E-state index contributed by atoms with van der Waals surface area (Å²) >= 11 is 0. The van der Waals surface area contributed by atoms with Gasteiger partial charge in [-0.2, -0.15) is 0 Å². The SMILES string of the molecule is CCCCCCCCCCCCCCCCCC[n+]1ccc(-c2cc[n+](CCCCCCCCCCCCCCCCCC)cc2)cc1.[I-].[I-]. The first kappa shape index (κ1) is 49.8. The smallest absolute Gasteiger partial charge is 0.169 e. The predicted molar refractivity (Wildman–Crippen MR) is 211 cm³/mol. The van der Waals surface area contributed by atoms with Gasteiger partial charge in [0.05, 0.1) is 0 Å². The van der Waals surface area contributed by atoms with E-state index < -0.39 is 0 Å². The van der Waals surface area contributed by atoms with Gasteiger partial charge in [-0.05, 0) is 24.0 Å². The van der Waals surface area contributed by atoms with Crippen LogP contribution in [0, 0.1) is 0 Å². The zero-order valence-corrected chi connectivity index (χ0v) is 37.6. The van der Waals surface area contributed by atoms with Crippen molar-refractivity contribution < 1.29 is 57.1 Å². The highest BCUT2D eigenvalue weighted by atomic mass is 127. The molecule has 0 N–H and O–H groups in total. The van der Waals surface area contributed by atoms with Crippen molar-refractivity contribution in [2.75, 3.05) is 0 Å². The maximum Gasteiger partial charge on any atom is 0.169 e. The van der Waals surface area contributed by atoms with Crippen molar-refractivity contribution in [1.82, 2.24) is 0 Å². The Bertz CT molecular complexity index is 853. The number of unbranched alkanes of at least 4 members (excludes halogenated alkanes) is 30. The van der Waals surface area contributed by atoms with E-state index in [0.29, 0.717) is 0 Å². The maximum absolute atomic E-state index is 2.37. The molecular formula is C46H82I2N2. The molecule has 0 fully saturated rings. The molecule has 0 saturated heterocycles. The molecule has 2 aromatic heterocycles. The fourth-order valence-corrected chi connectivity index (χ4v) is 7.28. The Hall–Kier alpha value is -0.240. The van der Waals surface area contributed by atoms with E-state index in [-0.39, 0.29) is 48.0 Å². The number of rotatable bonds is 35. The van der Waals surface area contributed by atoms with Crippen LogP contribution in [0.25, 0.3) is 11.1 Å². The third kappa shape index (κ3) is 29.2. The van der Waals surface area contributed by atoms with Gasteiger partial charge in [0.15, 0.2) is 24.8 Å². The van der Waals surface area contributed by atoms with Gasteiger partial charge in [0, 0.05) is 37.1 Å². The molecule has 0 aliphatic rings. The highest BCUT2D eigenvalue weighted by Gasteiger charge is 2.06. The van der Waals surface area contributed by atoms with E-state index in [2.05, 4.69) is 72.0 Å². The third-order valence-electron chi connectivity index (χ3n) is 10.7. The summed E-state index contributed by atoms with van der Waals surface area (Å²) in [6, 6.07) is 9.17. The minimum absolute atomic E-state index is 0. The second-order valence-electron chi connectivity index (χ2n) is 15.3. The third-order valence-corrected chi connectivity index (χ3v) is 10.7. The molecule has 0 radical (unpaired) electrons. The summed E-state index contributed by atoms with van der Waals surface area (Å²) in [7, 11) is 0. The Morgan fingerprint density at radius 2 is 0.460 bits per heavy atom. The van der Waals surface area contributed by atoms with Gasteiger partial charge in [-0.15, -0.1) is 0 Å². The van der Waals surface area contributed by atoms with E-state index in [1.807, 2.05) is 0 Å². The fraction of sp³-hybridized carbons (Fsp3) is 0.783. The highest BCUT2D eigenvalue weighted by molar-refractivity contribution is 5.60. The Kier molecular flexibility index (Phi) is 38.3. The quantitative estimate of drug-likeness (QED) is 0.0373. The Balaban J connectivity index is 0.0000120. The largest absolute Gasteiger partial charge is 1.00 e. The molecule has 0 atom stereocenters. The molecule has 0 amide bonds. The molecule has 2 aromatic rings. The average molecular weight is 917 g/mol. The fourth-order valence-electron chi connectivity index (χ4n) is 7.28. The molecular weight excluding hydrogens is 834 g/mol. The van der Waals surface area contributed by atoms with Gasteiger partial charge in [-0.3, -0.25) is 0 Å². The van der Waals surface area contributed by atoms with Crippen molar-refractivity contribution in [2.24, 2.45) is 0 Å².